The Bertz CT molecular complexity index is 574. The van der Waals surface area contributed by atoms with E-state index in [0.717, 1.165) is 17.7 Å². The Balaban J connectivity index is 1.94. The van der Waals surface area contributed by atoms with Crippen LogP contribution >= 0.6 is 23.5 Å². The van der Waals surface area contributed by atoms with Crippen LogP contribution in [0, 0.1) is 5.92 Å². The van der Waals surface area contributed by atoms with E-state index in [4.69, 9.17) is 0 Å². The van der Waals surface area contributed by atoms with E-state index in [2.05, 4.69) is 0 Å². The van der Waals surface area contributed by atoms with Crippen molar-refractivity contribution in [3.05, 3.63) is 29.8 Å². The van der Waals surface area contributed by atoms with Crippen molar-refractivity contribution >= 4 is 35.4 Å². The van der Waals surface area contributed by atoms with Gasteiger partial charge in [-0.15, -0.1) is 23.5 Å². The monoisotopic (exact) mass is 323 g/mol. The summed E-state index contributed by atoms with van der Waals surface area (Å²) in [6, 6.07) is 6.72. The van der Waals surface area contributed by atoms with Crippen LogP contribution in [0.1, 0.15) is 23.2 Å². The second-order valence-corrected chi connectivity index (χ2v) is 7.33. The summed E-state index contributed by atoms with van der Waals surface area (Å²) in [6.45, 7) is 0. The van der Waals surface area contributed by atoms with Gasteiger partial charge in [-0.25, -0.2) is 4.79 Å². The molecule has 1 aliphatic carbocycles. The maximum atomic E-state index is 12.9. The van der Waals surface area contributed by atoms with Crippen molar-refractivity contribution < 1.29 is 14.7 Å². The summed E-state index contributed by atoms with van der Waals surface area (Å²) < 4.78 is 0. The van der Waals surface area contributed by atoms with Crippen LogP contribution in [0.15, 0.2) is 29.2 Å². The minimum Gasteiger partial charge on any atom is -0.480 e. The maximum absolute atomic E-state index is 12.9. The quantitative estimate of drug-likeness (QED) is 0.864. The molecule has 1 aromatic carbocycles. The van der Waals surface area contributed by atoms with E-state index >= 15 is 0 Å². The third-order valence-electron chi connectivity index (χ3n) is 3.92. The second-order valence-electron chi connectivity index (χ2n) is 5.33. The van der Waals surface area contributed by atoms with Gasteiger partial charge in [0.25, 0.3) is 5.91 Å². The highest BCUT2D eigenvalue weighted by molar-refractivity contribution is 8.00. The lowest BCUT2D eigenvalue weighted by molar-refractivity contribution is -0.141. The molecule has 0 aromatic heterocycles. The highest BCUT2D eigenvalue weighted by Gasteiger charge is 2.48. The smallest absolute Gasteiger partial charge is 0.327 e. The van der Waals surface area contributed by atoms with Crippen molar-refractivity contribution in [1.29, 1.82) is 0 Å². The number of hydrogen-bond acceptors (Lipinski definition) is 4. The van der Waals surface area contributed by atoms with Crippen molar-refractivity contribution in [1.82, 2.24) is 4.90 Å². The molecule has 1 heterocycles. The Labute approximate surface area is 132 Å². The van der Waals surface area contributed by atoms with Crippen molar-refractivity contribution in [2.75, 3.05) is 12.0 Å². The van der Waals surface area contributed by atoms with Crippen LogP contribution in [-0.2, 0) is 4.79 Å². The average molecular weight is 323 g/mol. The summed E-state index contributed by atoms with van der Waals surface area (Å²) >= 11 is 3.13. The molecule has 0 bridgehead atoms. The van der Waals surface area contributed by atoms with E-state index < -0.39 is 12.0 Å². The number of thioether (sulfide) groups is 2. The zero-order valence-corrected chi connectivity index (χ0v) is 13.3. The Morgan fingerprint density at radius 1 is 1.33 bits per heavy atom. The van der Waals surface area contributed by atoms with Crippen LogP contribution in [0.4, 0.5) is 0 Å². The highest BCUT2D eigenvalue weighted by atomic mass is 32.2. The predicted octanol–water partition coefficient (Wildman–Crippen LogP) is 2.79. The van der Waals surface area contributed by atoms with E-state index in [1.54, 1.807) is 22.7 Å². The minimum absolute atomic E-state index is 0.0218. The molecule has 1 aliphatic heterocycles. The van der Waals surface area contributed by atoms with Crippen LogP contribution in [0.5, 0.6) is 0 Å². The molecule has 1 saturated heterocycles. The molecular weight excluding hydrogens is 306 g/mol. The van der Waals surface area contributed by atoms with Crippen LogP contribution in [0.25, 0.3) is 0 Å². The van der Waals surface area contributed by atoms with Gasteiger partial charge in [0.05, 0.1) is 10.9 Å². The van der Waals surface area contributed by atoms with Gasteiger partial charge in [0, 0.05) is 10.6 Å². The first kappa shape index (κ1) is 14.8. The van der Waals surface area contributed by atoms with Gasteiger partial charge in [-0.2, -0.15) is 0 Å². The number of aliphatic carboxylic acids is 1. The Kier molecular flexibility index (Phi) is 4.17. The van der Waals surface area contributed by atoms with Gasteiger partial charge in [-0.3, -0.25) is 4.79 Å². The third-order valence-corrected chi connectivity index (χ3v) is 6.17. The van der Waals surface area contributed by atoms with Crippen LogP contribution in [-0.4, -0.2) is 45.3 Å². The maximum Gasteiger partial charge on any atom is 0.327 e. The van der Waals surface area contributed by atoms with E-state index in [0.29, 0.717) is 17.2 Å². The van der Waals surface area contributed by atoms with Crippen molar-refractivity contribution in [3.63, 3.8) is 0 Å². The van der Waals surface area contributed by atoms with E-state index in [1.165, 1.54) is 11.8 Å². The van der Waals surface area contributed by atoms with Crippen LogP contribution < -0.4 is 0 Å². The Morgan fingerprint density at radius 2 is 2.05 bits per heavy atom. The molecule has 2 unspecified atom stereocenters. The number of carboxylic acids is 1. The number of carbonyl (C=O) groups is 2. The molecule has 2 atom stereocenters. The van der Waals surface area contributed by atoms with E-state index in [1.807, 2.05) is 24.5 Å². The molecule has 21 heavy (non-hydrogen) atoms. The standard InChI is InChI=1S/C15H17NO3S2/c1-20-12-5-3-2-4-10(12)13(17)16-11(15(18)19)8-21-14(16)9-6-7-9/h2-5,9,11,14H,6-8H2,1H3,(H,18,19). The lowest BCUT2D eigenvalue weighted by atomic mass is 10.1. The summed E-state index contributed by atoms with van der Waals surface area (Å²) in [4.78, 5) is 26.9. The van der Waals surface area contributed by atoms with Crippen LogP contribution in [0.2, 0.25) is 0 Å². The fraction of sp³-hybridized carbons (Fsp3) is 0.467. The fourth-order valence-electron chi connectivity index (χ4n) is 2.68. The predicted molar refractivity (Wildman–Crippen MR) is 84.8 cm³/mol. The summed E-state index contributed by atoms with van der Waals surface area (Å²) in [6.07, 6.45) is 4.12. The lowest BCUT2D eigenvalue weighted by Crippen LogP contribution is -2.46. The van der Waals surface area contributed by atoms with E-state index in [9.17, 15) is 14.7 Å². The van der Waals surface area contributed by atoms with Gasteiger partial charge in [0.1, 0.15) is 6.04 Å². The Morgan fingerprint density at radius 3 is 2.67 bits per heavy atom. The molecule has 0 spiro atoms. The second kappa shape index (κ2) is 5.93. The number of benzene rings is 1. The van der Waals surface area contributed by atoms with Gasteiger partial charge in [-0.1, -0.05) is 12.1 Å². The first-order valence-corrected chi connectivity index (χ1v) is 9.21. The largest absolute Gasteiger partial charge is 0.480 e. The first-order chi connectivity index (χ1) is 10.1. The molecular formula is C15H17NO3S2. The third kappa shape index (κ3) is 2.79. The van der Waals surface area contributed by atoms with Gasteiger partial charge >= 0.3 is 5.97 Å². The Hall–Kier alpha value is -1.14. The average Bonchev–Trinajstić information content (AvgIpc) is 3.24. The fourth-order valence-corrected chi connectivity index (χ4v) is 4.90. The highest BCUT2D eigenvalue weighted by Crippen LogP contribution is 2.46. The number of carboxylic acid groups (broad SMARTS) is 1. The SMILES string of the molecule is CSc1ccccc1C(=O)N1C(C(=O)O)CSC1C1CC1. The topological polar surface area (TPSA) is 57.6 Å². The number of amides is 1. The number of hydrogen-bond donors (Lipinski definition) is 1. The van der Waals surface area contributed by atoms with E-state index in [-0.39, 0.29) is 11.3 Å². The van der Waals surface area contributed by atoms with Gasteiger partial charge in [0.15, 0.2) is 0 Å². The molecule has 4 nitrogen and oxygen atoms in total. The summed E-state index contributed by atoms with van der Waals surface area (Å²) in [5.41, 5.74) is 0.615. The molecule has 1 amide bonds. The molecule has 1 aromatic rings. The zero-order chi connectivity index (χ0) is 15.0. The van der Waals surface area contributed by atoms with Gasteiger partial charge in [-0.05, 0) is 37.1 Å². The molecule has 112 valence electrons. The molecule has 3 rings (SSSR count). The lowest BCUT2D eigenvalue weighted by Gasteiger charge is -2.28. The first-order valence-electron chi connectivity index (χ1n) is 6.93. The van der Waals surface area contributed by atoms with Crippen molar-refractivity contribution in [2.24, 2.45) is 5.92 Å². The molecule has 1 saturated carbocycles. The number of rotatable bonds is 4. The van der Waals surface area contributed by atoms with Crippen LogP contribution in [0.3, 0.4) is 0 Å². The number of carbonyl (C=O) groups excluding carboxylic acids is 1. The zero-order valence-electron chi connectivity index (χ0n) is 11.7. The minimum atomic E-state index is -0.902. The molecule has 1 N–H and O–H groups in total. The van der Waals surface area contributed by atoms with Crippen molar-refractivity contribution in [2.45, 2.75) is 29.2 Å². The van der Waals surface area contributed by atoms with Crippen molar-refractivity contribution in [3.8, 4) is 0 Å². The molecule has 2 aliphatic rings. The summed E-state index contributed by atoms with van der Waals surface area (Å²) in [5, 5.41) is 9.44. The van der Waals surface area contributed by atoms with Gasteiger partial charge in [0.2, 0.25) is 0 Å². The summed E-state index contributed by atoms with van der Waals surface area (Å²) in [5.74, 6) is -0.0939. The number of nitrogens with zero attached hydrogens (tertiary/aromatic N) is 1. The molecule has 6 heteroatoms. The normalized spacial score (nSPS) is 25.1. The van der Waals surface area contributed by atoms with Gasteiger partial charge < -0.3 is 10.0 Å². The molecule has 0 radical (unpaired) electrons. The summed E-state index contributed by atoms with van der Waals surface area (Å²) in [7, 11) is 0. The molecule has 2 fully saturated rings.